The predicted octanol–water partition coefficient (Wildman–Crippen LogP) is 4.43. The minimum Gasteiger partial charge on any atom is -0.497 e. The molecule has 0 saturated carbocycles. The first kappa shape index (κ1) is 25.3. The van der Waals surface area contributed by atoms with Gasteiger partial charge in [-0.05, 0) is 66.2 Å². The number of nitrogens with one attached hydrogen (secondary N) is 1. The van der Waals surface area contributed by atoms with Gasteiger partial charge in [-0.1, -0.05) is 19.1 Å². The topological polar surface area (TPSA) is 94.3 Å². The SMILES string of the molecule is COc1ccc([C@@H]2[C@@H](NC(=O)c3ccn(C)n3)[C@H](C)C(=O)N2c2ccc3c(cnn3-c3ccc(F)cc3)c2)cc1. The number of anilines is 1. The predicted molar refractivity (Wildman–Crippen MR) is 148 cm³/mol. The number of carbonyl (C=O) groups is 2. The number of fused-ring (bicyclic) bond motifs is 1. The van der Waals surface area contributed by atoms with Gasteiger partial charge in [0, 0.05) is 24.3 Å². The van der Waals surface area contributed by atoms with Gasteiger partial charge in [-0.25, -0.2) is 9.07 Å². The van der Waals surface area contributed by atoms with E-state index in [0.29, 0.717) is 11.4 Å². The zero-order chi connectivity index (χ0) is 28.0. The van der Waals surface area contributed by atoms with Crippen molar-refractivity contribution in [1.29, 1.82) is 0 Å². The molecule has 0 radical (unpaired) electrons. The molecule has 1 saturated heterocycles. The van der Waals surface area contributed by atoms with Crippen molar-refractivity contribution >= 4 is 28.4 Å². The Hall–Kier alpha value is -4.99. The first-order valence-electron chi connectivity index (χ1n) is 12.9. The monoisotopic (exact) mass is 538 g/mol. The molecule has 9 nitrogen and oxygen atoms in total. The lowest BCUT2D eigenvalue weighted by atomic mass is 9.94. The third kappa shape index (κ3) is 4.37. The number of ether oxygens (including phenoxy) is 1. The minimum atomic E-state index is -0.520. The van der Waals surface area contributed by atoms with Gasteiger partial charge in [0.25, 0.3) is 5.91 Å². The number of rotatable bonds is 6. The molecule has 3 atom stereocenters. The van der Waals surface area contributed by atoms with Gasteiger partial charge in [0.2, 0.25) is 5.91 Å². The van der Waals surface area contributed by atoms with Crippen molar-refractivity contribution in [3.63, 3.8) is 0 Å². The van der Waals surface area contributed by atoms with Crippen molar-refractivity contribution in [2.24, 2.45) is 13.0 Å². The zero-order valence-corrected chi connectivity index (χ0v) is 22.2. The van der Waals surface area contributed by atoms with E-state index in [9.17, 15) is 14.0 Å². The molecular weight excluding hydrogens is 511 g/mol. The van der Waals surface area contributed by atoms with E-state index in [0.717, 1.165) is 22.2 Å². The molecule has 2 aromatic heterocycles. The molecular formula is C30H27FN6O3. The normalized spacial score (nSPS) is 18.9. The number of methoxy groups -OCH3 is 1. The van der Waals surface area contributed by atoms with Crippen LogP contribution in [0.5, 0.6) is 5.75 Å². The first-order valence-corrected chi connectivity index (χ1v) is 12.9. The van der Waals surface area contributed by atoms with Gasteiger partial charge in [-0.2, -0.15) is 10.2 Å². The second kappa shape index (κ2) is 9.96. The van der Waals surface area contributed by atoms with Gasteiger partial charge in [0.15, 0.2) is 0 Å². The lowest BCUT2D eigenvalue weighted by Crippen LogP contribution is -2.42. The molecule has 202 valence electrons. The van der Waals surface area contributed by atoms with Gasteiger partial charge in [0.1, 0.15) is 17.3 Å². The van der Waals surface area contributed by atoms with Gasteiger partial charge in [-0.15, -0.1) is 0 Å². The molecule has 1 aliphatic rings. The maximum Gasteiger partial charge on any atom is 0.272 e. The number of hydrogen-bond acceptors (Lipinski definition) is 5. The van der Waals surface area contributed by atoms with Crippen LogP contribution in [0, 0.1) is 11.7 Å². The fourth-order valence-corrected chi connectivity index (χ4v) is 5.31. The maximum atomic E-state index is 13.8. The molecule has 1 aliphatic heterocycles. The fourth-order valence-electron chi connectivity index (χ4n) is 5.31. The van der Waals surface area contributed by atoms with Crippen LogP contribution in [-0.2, 0) is 11.8 Å². The van der Waals surface area contributed by atoms with Crippen LogP contribution in [0.1, 0.15) is 29.0 Å². The average Bonchev–Trinajstić information content (AvgIpc) is 3.66. The minimum absolute atomic E-state index is 0.114. The van der Waals surface area contributed by atoms with Crippen molar-refractivity contribution in [1.82, 2.24) is 24.9 Å². The Kier molecular flexibility index (Phi) is 6.30. The quantitative estimate of drug-likeness (QED) is 0.345. The van der Waals surface area contributed by atoms with Crippen LogP contribution in [0.15, 0.2) is 85.2 Å². The van der Waals surface area contributed by atoms with E-state index in [-0.39, 0.29) is 23.3 Å². The Morgan fingerprint density at radius 2 is 1.73 bits per heavy atom. The van der Waals surface area contributed by atoms with Gasteiger partial charge >= 0.3 is 0 Å². The summed E-state index contributed by atoms with van der Waals surface area (Å²) in [5.41, 5.74) is 3.36. The molecule has 0 bridgehead atoms. The first-order chi connectivity index (χ1) is 19.3. The smallest absolute Gasteiger partial charge is 0.272 e. The van der Waals surface area contributed by atoms with Crippen molar-refractivity contribution in [2.45, 2.75) is 19.0 Å². The number of amides is 2. The molecule has 2 amide bonds. The van der Waals surface area contributed by atoms with Gasteiger partial charge in [0.05, 0.1) is 42.5 Å². The van der Waals surface area contributed by atoms with E-state index in [1.807, 2.05) is 49.4 Å². The third-order valence-corrected chi connectivity index (χ3v) is 7.39. The highest BCUT2D eigenvalue weighted by atomic mass is 19.1. The standard InChI is InChI=1S/C30H27FN6O3/c1-18-27(33-29(38)25-14-15-35(2)34-25)28(19-4-11-24(40-3)12-5-19)36(30(18)39)23-10-13-26-20(16-23)17-32-37(26)22-8-6-21(31)7-9-22/h4-18,27-28H,1-3H3,(H,33,38)/t18-,27-,28+/m0/s1. The van der Waals surface area contributed by atoms with Crippen LogP contribution in [0.2, 0.25) is 0 Å². The molecule has 3 aromatic carbocycles. The summed E-state index contributed by atoms with van der Waals surface area (Å²) in [6.45, 7) is 1.83. The highest BCUT2D eigenvalue weighted by Crippen LogP contribution is 2.41. The molecule has 6 rings (SSSR count). The van der Waals surface area contributed by atoms with E-state index in [4.69, 9.17) is 4.74 Å². The molecule has 1 N–H and O–H groups in total. The van der Waals surface area contributed by atoms with Crippen molar-refractivity contribution in [3.8, 4) is 11.4 Å². The average molecular weight is 539 g/mol. The summed E-state index contributed by atoms with van der Waals surface area (Å²) < 4.78 is 22.1. The van der Waals surface area contributed by atoms with Crippen LogP contribution in [0.4, 0.5) is 10.1 Å². The molecule has 0 unspecified atom stereocenters. The number of halogens is 1. The molecule has 10 heteroatoms. The number of carbonyl (C=O) groups excluding carboxylic acids is 2. The van der Waals surface area contributed by atoms with Crippen LogP contribution in [0.25, 0.3) is 16.6 Å². The van der Waals surface area contributed by atoms with E-state index in [1.54, 1.807) is 59.0 Å². The van der Waals surface area contributed by atoms with E-state index in [2.05, 4.69) is 15.5 Å². The van der Waals surface area contributed by atoms with Gasteiger partial charge < -0.3 is 15.0 Å². The summed E-state index contributed by atoms with van der Waals surface area (Å²) in [6, 6.07) is 19.9. The van der Waals surface area contributed by atoms with Crippen molar-refractivity contribution in [3.05, 3.63) is 102 Å². The molecule has 5 aromatic rings. The number of hydrogen-bond donors (Lipinski definition) is 1. The number of aromatic nitrogens is 4. The maximum absolute atomic E-state index is 13.8. The van der Waals surface area contributed by atoms with Crippen molar-refractivity contribution in [2.75, 3.05) is 12.0 Å². The summed E-state index contributed by atoms with van der Waals surface area (Å²) >= 11 is 0. The Labute approximate surface area is 229 Å². The molecule has 0 spiro atoms. The molecule has 3 heterocycles. The largest absolute Gasteiger partial charge is 0.497 e. The Bertz CT molecular complexity index is 1710. The number of aryl methyl sites for hydroxylation is 1. The fraction of sp³-hybridized carbons (Fsp3) is 0.200. The summed E-state index contributed by atoms with van der Waals surface area (Å²) in [7, 11) is 3.34. The van der Waals surface area contributed by atoms with Crippen LogP contribution >= 0.6 is 0 Å². The zero-order valence-electron chi connectivity index (χ0n) is 22.2. The molecule has 1 fully saturated rings. The van der Waals surface area contributed by atoms with E-state index < -0.39 is 18.0 Å². The van der Waals surface area contributed by atoms with Crippen LogP contribution in [-0.4, -0.2) is 44.5 Å². The summed E-state index contributed by atoms with van der Waals surface area (Å²) in [5.74, 6) is -0.591. The number of benzene rings is 3. The highest BCUT2D eigenvalue weighted by Gasteiger charge is 2.48. The summed E-state index contributed by atoms with van der Waals surface area (Å²) in [4.78, 5) is 28.7. The van der Waals surface area contributed by atoms with E-state index in [1.165, 1.54) is 12.1 Å². The third-order valence-electron chi connectivity index (χ3n) is 7.39. The Balaban J connectivity index is 1.40. The second-order valence-electron chi connectivity index (χ2n) is 9.86. The highest BCUT2D eigenvalue weighted by molar-refractivity contribution is 6.02. The Morgan fingerprint density at radius 1 is 1.00 bits per heavy atom. The Morgan fingerprint density at radius 3 is 2.40 bits per heavy atom. The van der Waals surface area contributed by atoms with Gasteiger partial charge in [-0.3, -0.25) is 14.3 Å². The van der Waals surface area contributed by atoms with Crippen LogP contribution < -0.4 is 15.0 Å². The lowest BCUT2D eigenvalue weighted by Gasteiger charge is -2.29. The van der Waals surface area contributed by atoms with E-state index >= 15 is 0 Å². The summed E-state index contributed by atoms with van der Waals surface area (Å²) in [6.07, 6.45) is 3.42. The second-order valence-corrected chi connectivity index (χ2v) is 9.86. The molecule has 40 heavy (non-hydrogen) atoms. The van der Waals surface area contributed by atoms with Crippen LogP contribution in [0.3, 0.4) is 0 Å². The summed E-state index contributed by atoms with van der Waals surface area (Å²) in [5, 5.41) is 12.6. The molecule has 0 aliphatic carbocycles. The lowest BCUT2D eigenvalue weighted by molar-refractivity contribution is -0.120. The number of nitrogens with zero attached hydrogens (tertiary/aromatic N) is 5. The van der Waals surface area contributed by atoms with Crippen molar-refractivity contribution < 1.29 is 18.7 Å².